The van der Waals surface area contributed by atoms with E-state index < -0.39 is 16.2 Å². The maximum absolute atomic E-state index is 10.1. The highest BCUT2D eigenvalue weighted by atomic mass is 35.6. The third-order valence-corrected chi connectivity index (χ3v) is 3.92. The van der Waals surface area contributed by atoms with Gasteiger partial charge in [0.15, 0.2) is 6.23 Å². The third-order valence-electron chi connectivity index (χ3n) is 3.33. The lowest BCUT2D eigenvalue weighted by Crippen LogP contribution is -2.50. The first-order valence-corrected chi connectivity index (χ1v) is 8.56. The Hall–Kier alpha value is -0.710. The molecule has 0 aliphatic rings. The lowest BCUT2D eigenvalue weighted by molar-refractivity contribution is 0.0458. The second kappa shape index (κ2) is 7.91. The molecule has 0 aromatic heterocycles. The van der Waals surface area contributed by atoms with E-state index in [1.54, 1.807) is 0 Å². The SMILES string of the molecule is CC(C)CC(O)NC(Oc1cccc2ccccc12)C(Cl)(Cl)Cl. The molecule has 0 fully saturated rings. The minimum Gasteiger partial charge on any atom is -0.470 e. The minimum absolute atomic E-state index is 0.297. The van der Waals surface area contributed by atoms with Gasteiger partial charge < -0.3 is 9.84 Å². The summed E-state index contributed by atoms with van der Waals surface area (Å²) >= 11 is 18.0. The standard InChI is InChI=1S/C17H20Cl3NO2/c1-11(2)10-15(22)21-16(17(18,19)20)23-14-9-5-7-12-6-3-4-8-13(12)14/h3-9,11,15-16,21-22H,10H2,1-2H3. The van der Waals surface area contributed by atoms with Crippen LogP contribution in [0.1, 0.15) is 20.3 Å². The van der Waals surface area contributed by atoms with Gasteiger partial charge in [-0.2, -0.15) is 0 Å². The van der Waals surface area contributed by atoms with E-state index in [1.165, 1.54) is 0 Å². The van der Waals surface area contributed by atoms with Gasteiger partial charge in [-0.3, -0.25) is 5.32 Å². The van der Waals surface area contributed by atoms with Crippen LogP contribution in [0, 0.1) is 5.92 Å². The molecule has 0 spiro atoms. The van der Waals surface area contributed by atoms with Crippen molar-refractivity contribution in [2.75, 3.05) is 0 Å². The van der Waals surface area contributed by atoms with E-state index in [4.69, 9.17) is 39.5 Å². The lowest BCUT2D eigenvalue weighted by atomic mass is 10.1. The van der Waals surface area contributed by atoms with Crippen LogP contribution in [0.2, 0.25) is 0 Å². The molecule has 0 saturated heterocycles. The molecule has 0 heterocycles. The quantitative estimate of drug-likeness (QED) is 0.558. The number of aliphatic hydroxyl groups is 1. The number of nitrogens with one attached hydrogen (secondary N) is 1. The van der Waals surface area contributed by atoms with Crippen molar-refractivity contribution in [3.8, 4) is 5.75 Å². The summed E-state index contributed by atoms with van der Waals surface area (Å²) in [7, 11) is 0. The molecule has 0 saturated carbocycles. The topological polar surface area (TPSA) is 41.5 Å². The Labute approximate surface area is 151 Å². The molecule has 0 aliphatic heterocycles. The fourth-order valence-corrected chi connectivity index (χ4v) is 2.63. The van der Waals surface area contributed by atoms with Crippen molar-refractivity contribution in [1.82, 2.24) is 5.32 Å². The maximum Gasteiger partial charge on any atom is 0.240 e. The molecule has 2 N–H and O–H groups in total. The van der Waals surface area contributed by atoms with Crippen LogP contribution < -0.4 is 10.1 Å². The highest BCUT2D eigenvalue weighted by Crippen LogP contribution is 2.34. The normalized spacial score (nSPS) is 14.9. The summed E-state index contributed by atoms with van der Waals surface area (Å²) < 4.78 is 4.15. The van der Waals surface area contributed by atoms with Crippen LogP contribution in [-0.2, 0) is 0 Å². The Balaban J connectivity index is 2.23. The lowest BCUT2D eigenvalue weighted by Gasteiger charge is -2.29. The van der Waals surface area contributed by atoms with Gasteiger partial charge in [0, 0.05) is 5.39 Å². The molecule has 0 bridgehead atoms. The number of fused-ring (bicyclic) bond motifs is 1. The molecular weight excluding hydrogens is 357 g/mol. The molecule has 2 aromatic carbocycles. The van der Waals surface area contributed by atoms with Gasteiger partial charge in [-0.25, -0.2) is 0 Å². The summed E-state index contributed by atoms with van der Waals surface area (Å²) in [6.07, 6.45) is -1.28. The van der Waals surface area contributed by atoms with Gasteiger partial charge in [-0.05, 0) is 23.8 Å². The van der Waals surface area contributed by atoms with Gasteiger partial charge in [0.1, 0.15) is 12.0 Å². The van der Waals surface area contributed by atoms with E-state index in [9.17, 15) is 5.11 Å². The molecular formula is C17H20Cl3NO2. The zero-order valence-corrected chi connectivity index (χ0v) is 15.2. The summed E-state index contributed by atoms with van der Waals surface area (Å²) in [5.41, 5.74) is 0. The third kappa shape index (κ3) is 5.40. The minimum atomic E-state index is -1.73. The summed E-state index contributed by atoms with van der Waals surface area (Å²) in [6.45, 7) is 4.00. The molecule has 3 nitrogen and oxygen atoms in total. The second-order valence-corrected chi connectivity index (χ2v) is 8.20. The van der Waals surface area contributed by atoms with Crippen LogP contribution in [0.5, 0.6) is 5.75 Å². The fourth-order valence-electron chi connectivity index (χ4n) is 2.31. The van der Waals surface area contributed by atoms with E-state index in [-0.39, 0.29) is 0 Å². The van der Waals surface area contributed by atoms with Crippen LogP contribution in [0.4, 0.5) is 0 Å². The van der Waals surface area contributed by atoms with Gasteiger partial charge in [0.05, 0.1) is 0 Å². The Morgan fingerprint density at radius 3 is 2.39 bits per heavy atom. The van der Waals surface area contributed by atoms with Gasteiger partial charge in [-0.1, -0.05) is 85.0 Å². The number of aliphatic hydroxyl groups excluding tert-OH is 1. The molecule has 2 aromatic rings. The number of halogens is 3. The number of rotatable bonds is 6. The van der Waals surface area contributed by atoms with Crippen molar-refractivity contribution in [3.63, 3.8) is 0 Å². The van der Waals surface area contributed by atoms with E-state index >= 15 is 0 Å². The first-order valence-electron chi connectivity index (χ1n) is 7.42. The zero-order chi connectivity index (χ0) is 17.0. The summed E-state index contributed by atoms with van der Waals surface area (Å²) in [5.74, 6) is 0.884. The van der Waals surface area contributed by atoms with Gasteiger partial charge >= 0.3 is 0 Å². The van der Waals surface area contributed by atoms with Crippen molar-refractivity contribution in [2.45, 2.75) is 36.5 Å². The highest BCUT2D eigenvalue weighted by molar-refractivity contribution is 6.68. The molecule has 2 unspecified atom stereocenters. The Kier molecular flexibility index (Phi) is 6.40. The summed E-state index contributed by atoms with van der Waals surface area (Å²) in [4.78, 5) is 0. The predicted octanol–water partition coefficient (Wildman–Crippen LogP) is 4.87. The van der Waals surface area contributed by atoms with Crippen LogP contribution >= 0.6 is 34.8 Å². The van der Waals surface area contributed by atoms with E-state index in [2.05, 4.69) is 5.32 Å². The van der Waals surface area contributed by atoms with E-state index in [0.29, 0.717) is 18.1 Å². The summed E-state index contributed by atoms with van der Waals surface area (Å²) in [6, 6.07) is 13.4. The molecule has 6 heteroatoms. The van der Waals surface area contributed by atoms with E-state index in [1.807, 2.05) is 56.3 Å². The number of hydrogen-bond acceptors (Lipinski definition) is 3. The first-order chi connectivity index (χ1) is 10.8. The Morgan fingerprint density at radius 1 is 1.09 bits per heavy atom. The largest absolute Gasteiger partial charge is 0.470 e. The number of alkyl halides is 3. The first kappa shape index (κ1) is 18.6. The summed E-state index contributed by atoms with van der Waals surface area (Å²) in [5, 5.41) is 14.9. The predicted molar refractivity (Wildman–Crippen MR) is 97.3 cm³/mol. The van der Waals surface area contributed by atoms with Crippen LogP contribution in [0.15, 0.2) is 42.5 Å². The fraction of sp³-hybridized carbons (Fsp3) is 0.412. The van der Waals surface area contributed by atoms with Crippen molar-refractivity contribution < 1.29 is 9.84 Å². The van der Waals surface area contributed by atoms with Crippen LogP contribution in [-0.4, -0.2) is 21.4 Å². The highest BCUT2D eigenvalue weighted by Gasteiger charge is 2.36. The maximum atomic E-state index is 10.1. The Morgan fingerprint density at radius 2 is 1.74 bits per heavy atom. The molecule has 23 heavy (non-hydrogen) atoms. The average molecular weight is 377 g/mol. The van der Waals surface area contributed by atoms with Gasteiger partial charge in [0.25, 0.3) is 0 Å². The molecule has 0 aliphatic carbocycles. The van der Waals surface area contributed by atoms with Gasteiger partial charge in [-0.15, -0.1) is 0 Å². The van der Waals surface area contributed by atoms with Crippen molar-refractivity contribution >= 4 is 45.6 Å². The average Bonchev–Trinajstić information content (AvgIpc) is 2.45. The molecule has 0 amide bonds. The molecule has 2 rings (SSSR count). The number of benzene rings is 2. The monoisotopic (exact) mass is 375 g/mol. The smallest absolute Gasteiger partial charge is 0.240 e. The van der Waals surface area contributed by atoms with Crippen molar-refractivity contribution in [2.24, 2.45) is 5.92 Å². The number of ether oxygens (including phenoxy) is 1. The molecule has 126 valence electrons. The molecule has 0 radical (unpaired) electrons. The Bertz CT molecular complexity index is 638. The number of hydrogen-bond donors (Lipinski definition) is 2. The van der Waals surface area contributed by atoms with Gasteiger partial charge in [0.2, 0.25) is 3.79 Å². The van der Waals surface area contributed by atoms with E-state index in [0.717, 1.165) is 10.8 Å². The van der Waals surface area contributed by atoms with Crippen LogP contribution in [0.3, 0.4) is 0 Å². The zero-order valence-electron chi connectivity index (χ0n) is 13.0. The second-order valence-electron chi connectivity index (χ2n) is 5.83. The van der Waals surface area contributed by atoms with Crippen LogP contribution in [0.25, 0.3) is 10.8 Å². The van der Waals surface area contributed by atoms with Crippen molar-refractivity contribution in [3.05, 3.63) is 42.5 Å². The molecule has 2 atom stereocenters. The van der Waals surface area contributed by atoms with Crippen molar-refractivity contribution in [1.29, 1.82) is 0 Å².